The lowest BCUT2D eigenvalue weighted by Gasteiger charge is -2.71. The minimum atomic E-state index is -0.298. The summed E-state index contributed by atoms with van der Waals surface area (Å²) in [6.07, 6.45) is 8.41. The van der Waals surface area contributed by atoms with Crippen molar-refractivity contribution in [2.75, 3.05) is 7.11 Å². The van der Waals surface area contributed by atoms with E-state index in [1.807, 2.05) is 54.9 Å². The van der Waals surface area contributed by atoms with Gasteiger partial charge in [-0.2, -0.15) is 0 Å². The monoisotopic (exact) mass is 491 g/mol. The molecule has 0 saturated heterocycles. The van der Waals surface area contributed by atoms with E-state index in [2.05, 4.69) is 39.1 Å². The van der Waals surface area contributed by atoms with Gasteiger partial charge in [0, 0.05) is 35.4 Å². The number of methoxy groups -OCH3 is 1. The molecule has 2 aromatic carbocycles. The molecule has 0 radical (unpaired) electrons. The zero-order chi connectivity index (χ0) is 25.3. The van der Waals surface area contributed by atoms with Crippen LogP contribution in [-0.4, -0.2) is 34.1 Å². The largest absolute Gasteiger partial charge is 0.469 e. The molecule has 4 aromatic rings. The Morgan fingerprint density at radius 3 is 2.43 bits per heavy atom. The number of rotatable bonds is 7. The highest BCUT2D eigenvalue weighted by Crippen LogP contribution is 2.81. The first-order valence-corrected chi connectivity index (χ1v) is 13.0. The predicted molar refractivity (Wildman–Crippen MR) is 141 cm³/mol. The Labute approximate surface area is 215 Å². The molecule has 0 aliphatic heterocycles. The molecule has 1 amide bonds. The summed E-state index contributed by atoms with van der Waals surface area (Å²) in [5.74, 6) is -0.122. The van der Waals surface area contributed by atoms with Crippen molar-refractivity contribution >= 4 is 22.8 Å². The summed E-state index contributed by atoms with van der Waals surface area (Å²) in [4.78, 5) is 30.5. The molecule has 8 rings (SSSR count). The highest BCUT2D eigenvalue weighted by Gasteiger charge is 2.81. The fourth-order valence-electron chi connectivity index (χ4n) is 7.00. The van der Waals surface area contributed by atoms with Crippen LogP contribution < -0.4 is 5.32 Å². The van der Waals surface area contributed by atoms with Gasteiger partial charge in [0.2, 0.25) is 0 Å². The summed E-state index contributed by atoms with van der Waals surface area (Å²) in [6, 6.07) is 22.3. The standard InChI is InChI=1S/C31H29N3O3/c1-37-28(36)29-18-30(19-29,20-29)31(13-14-31)33-27(35)24-9-5-8-23-12-15-34(26(23)24)17-21-10-11-25(32-16-21)22-6-3-2-4-7-22/h2-12,15-16H,13-14,17-20H2,1H3,(H,33,35). The van der Waals surface area contributed by atoms with Crippen molar-refractivity contribution in [2.45, 2.75) is 44.2 Å². The quantitative estimate of drug-likeness (QED) is 0.354. The first-order valence-electron chi connectivity index (χ1n) is 13.0. The lowest BCUT2D eigenvalue weighted by molar-refractivity contribution is -0.239. The van der Waals surface area contributed by atoms with Crippen molar-refractivity contribution in [3.63, 3.8) is 0 Å². The third kappa shape index (κ3) is 3.28. The molecule has 4 saturated carbocycles. The number of benzene rings is 2. The third-order valence-corrected chi connectivity index (χ3v) is 9.05. The second kappa shape index (κ2) is 7.78. The van der Waals surface area contributed by atoms with Crippen molar-refractivity contribution in [3.05, 3.63) is 90.3 Å². The van der Waals surface area contributed by atoms with Gasteiger partial charge in [0.25, 0.3) is 5.91 Å². The van der Waals surface area contributed by atoms with Gasteiger partial charge in [-0.05, 0) is 61.3 Å². The number of pyridine rings is 1. The minimum Gasteiger partial charge on any atom is -0.469 e. The van der Waals surface area contributed by atoms with Gasteiger partial charge in [-0.1, -0.05) is 48.5 Å². The first-order chi connectivity index (χ1) is 18.0. The number of esters is 1. The molecule has 37 heavy (non-hydrogen) atoms. The fourth-order valence-corrected chi connectivity index (χ4v) is 7.00. The van der Waals surface area contributed by atoms with E-state index in [9.17, 15) is 9.59 Å². The Hall–Kier alpha value is -3.93. The van der Waals surface area contributed by atoms with Gasteiger partial charge in [0.15, 0.2) is 0 Å². The number of ether oxygens (including phenoxy) is 1. The molecule has 4 fully saturated rings. The summed E-state index contributed by atoms with van der Waals surface area (Å²) in [5.41, 5.74) is 4.31. The smallest absolute Gasteiger partial charge is 0.311 e. The van der Waals surface area contributed by atoms with Crippen LogP contribution in [0.1, 0.15) is 48.0 Å². The maximum Gasteiger partial charge on any atom is 0.311 e. The molecule has 186 valence electrons. The maximum atomic E-state index is 13.7. The number of amides is 1. The van der Waals surface area contributed by atoms with Crippen LogP contribution in [0, 0.1) is 10.8 Å². The highest BCUT2D eigenvalue weighted by molar-refractivity contribution is 6.06. The number of hydrogen-bond donors (Lipinski definition) is 1. The van der Waals surface area contributed by atoms with Crippen LogP contribution in [0.4, 0.5) is 0 Å². The number of nitrogens with one attached hydrogen (secondary N) is 1. The van der Waals surface area contributed by atoms with Crippen molar-refractivity contribution < 1.29 is 14.3 Å². The first kappa shape index (κ1) is 22.3. The number of carbonyl (C=O) groups is 2. The van der Waals surface area contributed by atoms with Gasteiger partial charge in [-0.3, -0.25) is 14.6 Å². The number of nitrogens with zero attached hydrogens (tertiary/aromatic N) is 2. The van der Waals surface area contributed by atoms with Crippen molar-refractivity contribution in [1.29, 1.82) is 0 Å². The average Bonchev–Trinajstić information content (AvgIpc) is 3.53. The molecule has 2 heterocycles. The van der Waals surface area contributed by atoms with Crippen LogP contribution in [0.3, 0.4) is 0 Å². The van der Waals surface area contributed by atoms with Crippen LogP contribution in [-0.2, 0) is 16.1 Å². The van der Waals surface area contributed by atoms with E-state index in [1.165, 1.54) is 7.11 Å². The van der Waals surface area contributed by atoms with Crippen molar-refractivity contribution in [1.82, 2.24) is 14.9 Å². The second-order valence-corrected chi connectivity index (χ2v) is 11.2. The molecule has 4 aliphatic rings. The molecular formula is C31H29N3O3. The van der Waals surface area contributed by atoms with E-state index in [-0.39, 0.29) is 28.2 Å². The lowest BCUT2D eigenvalue weighted by Crippen LogP contribution is -2.73. The second-order valence-electron chi connectivity index (χ2n) is 11.2. The lowest BCUT2D eigenvalue weighted by atomic mass is 9.32. The van der Waals surface area contributed by atoms with Gasteiger partial charge in [-0.25, -0.2) is 0 Å². The number of aromatic nitrogens is 2. The van der Waals surface area contributed by atoms with Gasteiger partial charge in [-0.15, -0.1) is 0 Å². The van der Waals surface area contributed by atoms with Crippen LogP contribution in [0.15, 0.2) is 79.1 Å². The minimum absolute atomic E-state index is 0.0301. The molecule has 2 aromatic heterocycles. The third-order valence-electron chi connectivity index (χ3n) is 9.05. The average molecular weight is 492 g/mol. The van der Waals surface area contributed by atoms with Crippen LogP contribution in [0.25, 0.3) is 22.2 Å². The SMILES string of the molecule is COC(=O)C12CC(C3(NC(=O)c4cccc5ccn(Cc6ccc(-c7ccccc7)nc6)c45)CC3)(C1)C2. The Kier molecular flexibility index (Phi) is 4.69. The summed E-state index contributed by atoms with van der Waals surface area (Å²) in [5, 5.41) is 4.46. The van der Waals surface area contributed by atoms with E-state index >= 15 is 0 Å². The molecule has 0 unspecified atom stereocenters. The van der Waals surface area contributed by atoms with Gasteiger partial charge in [0.1, 0.15) is 0 Å². The maximum absolute atomic E-state index is 13.7. The van der Waals surface area contributed by atoms with E-state index in [1.54, 1.807) is 0 Å². The molecule has 2 bridgehead atoms. The molecule has 4 aliphatic carbocycles. The van der Waals surface area contributed by atoms with Crippen molar-refractivity contribution in [2.24, 2.45) is 10.8 Å². The van der Waals surface area contributed by atoms with Crippen LogP contribution in [0.5, 0.6) is 0 Å². The Bertz CT molecular complexity index is 1510. The molecule has 6 heteroatoms. The molecule has 0 atom stereocenters. The Balaban J connectivity index is 1.12. The van der Waals surface area contributed by atoms with Crippen LogP contribution >= 0.6 is 0 Å². The molecule has 6 nitrogen and oxygen atoms in total. The van der Waals surface area contributed by atoms with Gasteiger partial charge < -0.3 is 14.6 Å². The zero-order valence-corrected chi connectivity index (χ0v) is 20.9. The van der Waals surface area contributed by atoms with Gasteiger partial charge >= 0.3 is 5.97 Å². The van der Waals surface area contributed by atoms with E-state index < -0.39 is 0 Å². The normalized spacial score (nSPS) is 24.6. The van der Waals surface area contributed by atoms with Crippen molar-refractivity contribution in [3.8, 4) is 11.3 Å². The summed E-state index contributed by atoms with van der Waals surface area (Å²) >= 11 is 0. The number of carbonyl (C=O) groups excluding carboxylic acids is 2. The Morgan fingerprint density at radius 1 is 0.973 bits per heavy atom. The molecular weight excluding hydrogens is 462 g/mol. The predicted octanol–water partition coefficient (Wildman–Crippen LogP) is 5.36. The molecule has 1 N–H and O–H groups in total. The highest BCUT2D eigenvalue weighted by atomic mass is 16.5. The van der Waals surface area contributed by atoms with E-state index in [4.69, 9.17) is 4.74 Å². The fraction of sp³-hybridized carbons (Fsp3) is 0.323. The summed E-state index contributed by atoms with van der Waals surface area (Å²) in [6.45, 7) is 0.632. The Morgan fingerprint density at radius 2 is 1.76 bits per heavy atom. The zero-order valence-electron chi connectivity index (χ0n) is 20.9. The van der Waals surface area contributed by atoms with Crippen LogP contribution in [0.2, 0.25) is 0 Å². The number of hydrogen-bond acceptors (Lipinski definition) is 4. The number of fused-ring (bicyclic) bond motifs is 1. The van der Waals surface area contributed by atoms with E-state index in [0.717, 1.165) is 59.8 Å². The summed E-state index contributed by atoms with van der Waals surface area (Å²) < 4.78 is 7.16. The topological polar surface area (TPSA) is 73.2 Å². The van der Waals surface area contributed by atoms with E-state index in [0.29, 0.717) is 12.1 Å². The molecule has 0 spiro atoms. The number of para-hydroxylation sites is 1. The van der Waals surface area contributed by atoms with Gasteiger partial charge in [0.05, 0.1) is 29.3 Å². The summed E-state index contributed by atoms with van der Waals surface area (Å²) in [7, 11) is 1.47.